The topological polar surface area (TPSA) is 32.7 Å². The normalized spacial score (nSPS) is 12.0. The van der Waals surface area contributed by atoms with E-state index in [-0.39, 0.29) is 6.10 Å². The highest BCUT2D eigenvalue weighted by Crippen LogP contribution is 2.17. The molecule has 0 aliphatic carbocycles. The van der Waals surface area contributed by atoms with Gasteiger partial charge in [0.1, 0.15) is 12.4 Å². The Morgan fingerprint density at radius 2 is 1.76 bits per heavy atom. The fourth-order valence-electron chi connectivity index (χ4n) is 2.09. The number of benzene rings is 2. The summed E-state index contributed by atoms with van der Waals surface area (Å²) in [6.07, 6.45) is -0.388. The Kier molecular flexibility index (Phi) is 5.90. The largest absolute Gasteiger partial charge is 0.492 e. The average molecular weight is 306 g/mol. The Labute approximate surface area is 130 Å². The van der Waals surface area contributed by atoms with E-state index in [1.165, 1.54) is 0 Å². The van der Waals surface area contributed by atoms with Gasteiger partial charge in [-0.2, -0.15) is 0 Å². The summed E-state index contributed by atoms with van der Waals surface area (Å²) >= 11 is 5.84. The average Bonchev–Trinajstić information content (AvgIpc) is 2.49. The quantitative estimate of drug-likeness (QED) is 0.848. The Hall–Kier alpha value is -1.71. The second-order valence-electron chi connectivity index (χ2n) is 4.93. The van der Waals surface area contributed by atoms with E-state index in [0.717, 1.165) is 11.4 Å². The van der Waals surface area contributed by atoms with Gasteiger partial charge < -0.3 is 14.7 Å². The van der Waals surface area contributed by atoms with Crippen molar-refractivity contribution in [2.45, 2.75) is 13.0 Å². The maximum absolute atomic E-state index is 9.63. The molecule has 0 heterocycles. The molecule has 2 rings (SSSR count). The Morgan fingerprint density at radius 1 is 1.10 bits per heavy atom. The number of aliphatic hydroxyl groups is 1. The smallest absolute Gasteiger partial charge is 0.119 e. The van der Waals surface area contributed by atoms with Crippen molar-refractivity contribution >= 4 is 17.3 Å². The number of halogens is 1. The number of nitrogens with zero attached hydrogens (tertiary/aromatic N) is 1. The van der Waals surface area contributed by atoms with E-state index in [0.29, 0.717) is 24.7 Å². The van der Waals surface area contributed by atoms with Gasteiger partial charge in [0, 0.05) is 17.3 Å². The first-order chi connectivity index (χ1) is 10.1. The van der Waals surface area contributed by atoms with Crippen LogP contribution >= 0.6 is 11.6 Å². The van der Waals surface area contributed by atoms with E-state index >= 15 is 0 Å². The summed E-state index contributed by atoms with van der Waals surface area (Å²) in [5.74, 6) is 0.796. The van der Waals surface area contributed by atoms with Crippen LogP contribution in [0, 0.1) is 0 Å². The van der Waals surface area contributed by atoms with E-state index in [4.69, 9.17) is 16.3 Å². The molecule has 0 aromatic heterocycles. The zero-order valence-electron chi connectivity index (χ0n) is 12.1. The number of aliphatic hydroxyl groups excluding tert-OH is 1. The molecule has 2 aromatic carbocycles. The van der Waals surface area contributed by atoms with Crippen LogP contribution in [-0.4, -0.2) is 30.9 Å². The molecule has 0 saturated heterocycles. The van der Waals surface area contributed by atoms with Gasteiger partial charge in [0.2, 0.25) is 0 Å². The number of hydrogen-bond acceptors (Lipinski definition) is 3. The van der Waals surface area contributed by atoms with E-state index < -0.39 is 0 Å². The van der Waals surface area contributed by atoms with Gasteiger partial charge in [-0.3, -0.25) is 0 Å². The van der Waals surface area contributed by atoms with E-state index in [9.17, 15) is 5.11 Å². The maximum atomic E-state index is 9.63. The monoisotopic (exact) mass is 305 g/mol. The molecule has 112 valence electrons. The standard InChI is InChI=1S/C17H20ClNO2/c1-14(20)13-19(16-5-3-2-4-6-16)11-12-21-17-9-7-15(18)8-10-17/h2-10,14,20H,11-13H2,1H3. The summed E-state index contributed by atoms with van der Waals surface area (Å²) in [5, 5.41) is 10.3. The van der Waals surface area contributed by atoms with Crippen LogP contribution in [0.1, 0.15) is 6.92 Å². The number of ether oxygens (including phenoxy) is 1. The van der Waals surface area contributed by atoms with Gasteiger partial charge in [-0.15, -0.1) is 0 Å². The van der Waals surface area contributed by atoms with Crippen molar-refractivity contribution in [2.24, 2.45) is 0 Å². The fraction of sp³-hybridized carbons (Fsp3) is 0.294. The van der Waals surface area contributed by atoms with Crippen molar-refractivity contribution in [3.63, 3.8) is 0 Å². The SMILES string of the molecule is CC(O)CN(CCOc1ccc(Cl)cc1)c1ccccc1. The summed E-state index contributed by atoms with van der Waals surface area (Å²) in [4.78, 5) is 2.11. The third-order valence-corrected chi connectivity index (χ3v) is 3.30. The van der Waals surface area contributed by atoms with Crippen LogP contribution in [0.3, 0.4) is 0 Å². The van der Waals surface area contributed by atoms with Crippen LogP contribution in [0.25, 0.3) is 0 Å². The Bertz CT molecular complexity index is 528. The van der Waals surface area contributed by atoms with Gasteiger partial charge in [-0.25, -0.2) is 0 Å². The zero-order valence-corrected chi connectivity index (χ0v) is 12.8. The van der Waals surface area contributed by atoms with Crippen molar-refractivity contribution in [1.29, 1.82) is 0 Å². The summed E-state index contributed by atoms with van der Waals surface area (Å²) in [6.45, 7) is 3.62. The lowest BCUT2D eigenvalue weighted by Gasteiger charge is -2.26. The van der Waals surface area contributed by atoms with Gasteiger partial charge in [0.25, 0.3) is 0 Å². The van der Waals surface area contributed by atoms with E-state index in [1.54, 1.807) is 6.92 Å². The van der Waals surface area contributed by atoms with Gasteiger partial charge in [-0.1, -0.05) is 29.8 Å². The summed E-state index contributed by atoms with van der Waals surface area (Å²) in [7, 11) is 0. The second-order valence-corrected chi connectivity index (χ2v) is 5.37. The maximum Gasteiger partial charge on any atom is 0.119 e. The number of rotatable bonds is 7. The summed E-state index contributed by atoms with van der Waals surface area (Å²) < 4.78 is 5.71. The molecule has 0 fully saturated rings. The molecule has 2 aromatic rings. The van der Waals surface area contributed by atoms with Crippen molar-refractivity contribution in [2.75, 3.05) is 24.6 Å². The molecule has 3 nitrogen and oxygen atoms in total. The molecule has 0 amide bonds. The van der Waals surface area contributed by atoms with E-state index in [1.807, 2.05) is 54.6 Å². The molecule has 4 heteroatoms. The lowest BCUT2D eigenvalue weighted by atomic mass is 10.2. The van der Waals surface area contributed by atoms with E-state index in [2.05, 4.69) is 4.90 Å². The van der Waals surface area contributed by atoms with Gasteiger partial charge in [-0.05, 0) is 43.3 Å². The minimum atomic E-state index is -0.388. The first-order valence-electron chi connectivity index (χ1n) is 7.01. The van der Waals surface area contributed by atoms with Crippen LogP contribution < -0.4 is 9.64 Å². The predicted octanol–water partition coefficient (Wildman–Crippen LogP) is 3.61. The molecule has 1 atom stereocenters. The number of para-hydroxylation sites is 1. The van der Waals surface area contributed by atoms with Crippen LogP contribution in [0.4, 0.5) is 5.69 Å². The zero-order chi connectivity index (χ0) is 15.1. The van der Waals surface area contributed by atoms with Gasteiger partial charge in [0.05, 0.1) is 12.6 Å². The third-order valence-electron chi connectivity index (χ3n) is 3.05. The molecule has 0 aliphatic heterocycles. The summed E-state index contributed by atoms with van der Waals surface area (Å²) in [6, 6.07) is 17.3. The highest BCUT2D eigenvalue weighted by molar-refractivity contribution is 6.30. The molecule has 1 unspecified atom stereocenters. The fourth-order valence-corrected chi connectivity index (χ4v) is 2.21. The first-order valence-corrected chi connectivity index (χ1v) is 7.39. The lowest BCUT2D eigenvalue weighted by Crippen LogP contribution is -2.34. The molecule has 0 radical (unpaired) electrons. The predicted molar refractivity (Wildman–Crippen MR) is 87.3 cm³/mol. The Morgan fingerprint density at radius 3 is 2.38 bits per heavy atom. The molecule has 0 bridgehead atoms. The molecule has 0 aliphatic rings. The number of hydrogen-bond donors (Lipinski definition) is 1. The first kappa shape index (κ1) is 15.7. The van der Waals surface area contributed by atoms with Crippen LogP contribution in [0.5, 0.6) is 5.75 Å². The molecule has 21 heavy (non-hydrogen) atoms. The van der Waals surface area contributed by atoms with Crippen molar-refractivity contribution in [1.82, 2.24) is 0 Å². The molecule has 0 spiro atoms. The second kappa shape index (κ2) is 7.91. The lowest BCUT2D eigenvalue weighted by molar-refractivity contribution is 0.197. The molecule has 0 saturated carbocycles. The van der Waals surface area contributed by atoms with Crippen molar-refractivity contribution in [3.05, 3.63) is 59.6 Å². The molecular formula is C17H20ClNO2. The highest BCUT2D eigenvalue weighted by Gasteiger charge is 2.09. The van der Waals surface area contributed by atoms with Crippen molar-refractivity contribution in [3.8, 4) is 5.75 Å². The van der Waals surface area contributed by atoms with Gasteiger partial charge in [0.15, 0.2) is 0 Å². The van der Waals surface area contributed by atoms with Crippen molar-refractivity contribution < 1.29 is 9.84 Å². The minimum absolute atomic E-state index is 0.388. The van der Waals surface area contributed by atoms with Crippen LogP contribution in [-0.2, 0) is 0 Å². The molecular weight excluding hydrogens is 286 g/mol. The minimum Gasteiger partial charge on any atom is -0.492 e. The summed E-state index contributed by atoms with van der Waals surface area (Å²) in [5.41, 5.74) is 1.08. The van der Waals surface area contributed by atoms with Gasteiger partial charge >= 0.3 is 0 Å². The number of anilines is 1. The molecule has 1 N–H and O–H groups in total. The highest BCUT2D eigenvalue weighted by atomic mass is 35.5. The third kappa shape index (κ3) is 5.29. The van der Waals surface area contributed by atoms with Crippen LogP contribution in [0.15, 0.2) is 54.6 Å². The Balaban J connectivity index is 1.91. The van der Waals surface area contributed by atoms with Crippen LogP contribution in [0.2, 0.25) is 5.02 Å².